The lowest BCUT2D eigenvalue weighted by molar-refractivity contribution is -0.133. The van der Waals surface area contributed by atoms with Crippen LogP contribution in [-0.4, -0.2) is 56.0 Å². The first-order chi connectivity index (χ1) is 18.1. The largest absolute Gasteiger partial charge is 0.456 e. The maximum atomic E-state index is 12.6. The number of likely N-dealkylation sites (tertiary alicyclic amines) is 1. The fourth-order valence-corrected chi connectivity index (χ4v) is 4.62. The standard InChI is InChI=1S/C27H27N7O3/c35-26(31-22-5-1-2-13-28-22)17-8-10-20(11-9-17)37-21-12-14-29-24-23(21)25(33-32-24)30-19-4-3-15-34(16-19)27(36)18-6-7-18/h1-2,5,8-14,18-19H,3-4,6-7,15-16H2,(H,28,31,35)(H2,29,30,32,33)/t19-/m1/s1. The molecule has 1 atom stereocenters. The highest BCUT2D eigenvalue weighted by Gasteiger charge is 2.35. The lowest BCUT2D eigenvalue weighted by Gasteiger charge is -2.33. The van der Waals surface area contributed by atoms with Gasteiger partial charge in [-0.3, -0.25) is 14.7 Å². The second-order valence-corrected chi connectivity index (χ2v) is 9.44. The minimum atomic E-state index is -0.250. The van der Waals surface area contributed by atoms with Crippen LogP contribution in [0.25, 0.3) is 11.0 Å². The Bertz CT molecular complexity index is 1420. The van der Waals surface area contributed by atoms with Gasteiger partial charge in [0.2, 0.25) is 5.91 Å². The summed E-state index contributed by atoms with van der Waals surface area (Å²) in [6.07, 6.45) is 7.23. The third-order valence-corrected chi connectivity index (χ3v) is 6.67. The van der Waals surface area contributed by atoms with Gasteiger partial charge in [-0.2, -0.15) is 5.10 Å². The number of hydrogen-bond acceptors (Lipinski definition) is 7. The molecule has 0 unspecified atom stereocenters. The van der Waals surface area contributed by atoms with Crippen LogP contribution >= 0.6 is 0 Å². The highest BCUT2D eigenvalue weighted by atomic mass is 16.5. The average molecular weight is 498 g/mol. The van der Waals surface area contributed by atoms with E-state index in [1.807, 2.05) is 11.0 Å². The molecule has 188 valence electrons. The molecule has 4 aromatic rings. The van der Waals surface area contributed by atoms with Crippen molar-refractivity contribution in [2.45, 2.75) is 31.7 Å². The summed E-state index contributed by atoms with van der Waals surface area (Å²) < 4.78 is 6.18. The van der Waals surface area contributed by atoms with Crippen LogP contribution in [0.3, 0.4) is 0 Å². The number of piperidine rings is 1. The number of carbonyl (C=O) groups is 2. The number of fused-ring (bicyclic) bond motifs is 1. The Hall–Kier alpha value is -4.47. The summed E-state index contributed by atoms with van der Waals surface area (Å²) in [7, 11) is 0. The molecule has 2 fully saturated rings. The van der Waals surface area contributed by atoms with Gasteiger partial charge in [-0.25, -0.2) is 9.97 Å². The number of benzene rings is 1. The van der Waals surface area contributed by atoms with Crippen molar-refractivity contribution < 1.29 is 14.3 Å². The smallest absolute Gasteiger partial charge is 0.256 e. The van der Waals surface area contributed by atoms with Crippen LogP contribution in [-0.2, 0) is 4.79 Å². The zero-order chi connectivity index (χ0) is 25.2. The Balaban J connectivity index is 1.16. The van der Waals surface area contributed by atoms with Crippen LogP contribution in [0.4, 0.5) is 11.6 Å². The summed E-state index contributed by atoms with van der Waals surface area (Å²) in [5.41, 5.74) is 1.10. The van der Waals surface area contributed by atoms with Crippen molar-refractivity contribution in [1.29, 1.82) is 0 Å². The van der Waals surface area contributed by atoms with Gasteiger partial charge in [0.25, 0.3) is 5.91 Å². The van der Waals surface area contributed by atoms with Gasteiger partial charge in [0.05, 0.1) is 0 Å². The predicted octanol–water partition coefficient (Wildman–Crippen LogP) is 4.21. The minimum Gasteiger partial charge on any atom is -0.456 e. The van der Waals surface area contributed by atoms with E-state index < -0.39 is 0 Å². The van der Waals surface area contributed by atoms with Crippen molar-refractivity contribution in [2.24, 2.45) is 5.92 Å². The molecule has 4 heterocycles. The molecule has 37 heavy (non-hydrogen) atoms. The molecule has 2 amide bonds. The molecule has 0 radical (unpaired) electrons. The molecule has 10 heteroatoms. The van der Waals surface area contributed by atoms with Crippen LogP contribution < -0.4 is 15.4 Å². The molecule has 0 bridgehead atoms. The van der Waals surface area contributed by atoms with Crippen molar-refractivity contribution in [1.82, 2.24) is 25.1 Å². The Kier molecular flexibility index (Phi) is 6.13. The number of rotatable bonds is 7. The minimum absolute atomic E-state index is 0.105. The second kappa shape index (κ2) is 9.88. The van der Waals surface area contributed by atoms with Crippen molar-refractivity contribution in [3.8, 4) is 11.5 Å². The number of aromatic amines is 1. The predicted molar refractivity (Wildman–Crippen MR) is 139 cm³/mol. The SMILES string of the molecule is O=C(Nc1ccccn1)c1ccc(Oc2ccnc3[nH]nc(N[C@@H]4CCCN(C(=O)C5CC5)C4)c23)cc1. The highest BCUT2D eigenvalue weighted by Crippen LogP contribution is 2.35. The maximum Gasteiger partial charge on any atom is 0.256 e. The van der Waals surface area contributed by atoms with E-state index in [0.717, 1.165) is 37.6 Å². The Labute approximate surface area is 213 Å². The fourth-order valence-electron chi connectivity index (χ4n) is 4.62. The van der Waals surface area contributed by atoms with Crippen LogP contribution in [0, 0.1) is 5.92 Å². The number of hydrogen-bond donors (Lipinski definition) is 3. The zero-order valence-corrected chi connectivity index (χ0v) is 20.2. The number of aromatic nitrogens is 4. The van der Waals surface area contributed by atoms with E-state index in [4.69, 9.17) is 4.74 Å². The molecular weight excluding hydrogens is 470 g/mol. The molecule has 2 aliphatic rings. The van der Waals surface area contributed by atoms with E-state index in [9.17, 15) is 9.59 Å². The van der Waals surface area contributed by atoms with Gasteiger partial charge in [-0.1, -0.05) is 6.07 Å². The number of nitrogens with zero attached hydrogens (tertiary/aromatic N) is 4. The second-order valence-electron chi connectivity index (χ2n) is 9.44. The van der Waals surface area contributed by atoms with Gasteiger partial charge in [0.1, 0.15) is 22.7 Å². The van der Waals surface area contributed by atoms with E-state index in [1.54, 1.807) is 54.9 Å². The van der Waals surface area contributed by atoms with Crippen LogP contribution in [0.5, 0.6) is 11.5 Å². The number of anilines is 2. The number of ether oxygens (including phenoxy) is 1. The highest BCUT2D eigenvalue weighted by molar-refractivity contribution is 6.03. The molecule has 6 rings (SSSR count). The lowest BCUT2D eigenvalue weighted by atomic mass is 10.0. The summed E-state index contributed by atoms with van der Waals surface area (Å²) in [5.74, 6) is 2.56. The van der Waals surface area contributed by atoms with Gasteiger partial charge in [-0.05, 0) is 62.1 Å². The summed E-state index contributed by atoms with van der Waals surface area (Å²) in [6, 6.07) is 14.1. The lowest BCUT2D eigenvalue weighted by Crippen LogP contribution is -2.45. The normalized spacial score (nSPS) is 17.4. The van der Waals surface area contributed by atoms with Gasteiger partial charge in [0.15, 0.2) is 11.5 Å². The first kappa shape index (κ1) is 23.0. The van der Waals surface area contributed by atoms with Crippen molar-refractivity contribution in [2.75, 3.05) is 23.7 Å². The molecule has 3 aromatic heterocycles. The van der Waals surface area contributed by atoms with Gasteiger partial charge in [0, 0.05) is 49.1 Å². The Morgan fingerprint density at radius 3 is 2.65 bits per heavy atom. The summed E-state index contributed by atoms with van der Waals surface area (Å²) >= 11 is 0. The molecular formula is C27H27N7O3. The number of pyridine rings is 2. The average Bonchev–Trinajstić information content (AvgIpc) is 3.70. The van der Waals surface area contributed by atoms with Gasteiger partial charge < -0.3 is 20.3 Å². The third-order valence-electron chi connectivity index (χ3n) is 6.67. The number of nitrogens with one attached hydrogen (secondary N) is 3. The number of H-pyrrole nitrogens is 1. The molecule has 0 spiro atoms. The topological polar surface area (TPSA) is 125 Å². The van der Waals surface area contributed by atoms with E-state index in [2.05, 4.69) is 30.8 Å². The molecule has 1 aromatic carbocycles. The molecule has 10 nitrogen and oxygen atoms in total. The van der Waals surface area contributed by atoms with E-state index in [1.165, 1.54) is 0 Å². The van der Waals surface area contributed by atoms with Gasteiger partial charge in [-0.15, -0.1) is 0 Å². The van der Waals surface area contributed by atoms with E-state index >= 15 is 0 Å². The fraction of sp³-hybridized carbons (Fsp3) is 0.296. The molecule has 1 saturated heterocycles. The number of carbonyl (C=O) groups excluding carboxylic acids is 2. The van der Waals surface area contributed by atoms with Crippen molar-refractivity contribution in [3.05, 3.63) is 66.5 Å². The summed E-state index contributed by atoms with van der Waals surface area (Å²) in [6.45, 7) is 1.49. The van der Waals surface area contributed by atoms with E-state index in [0.29, 0.717) is 40.9 Å². The van der Waals surface area contributed by atoms with Crippen molar-refractivity contribution >= 4 is 34.5 Å². The van der Waals surface area contributed by atoms with E-state index in [-0.39, 0.29) is 23.8 Å². The molecule has 1 saturated carbocycles. The Morgan fingerprint density at radius 1 is 1.00 bits per heavy atom. The number of amides is 2. The Morgan fingerprint density at radius 2 is 1.86 bits per heavy atom. The quantitative estimate of drug-likeness (QED) is 0.349. The summed E-state index contributed by atoms with van der Waals surface area (Å²) in [4.78, 5) is 35.6. The summed E-state index contributed by atoms with van der Waals surface area (Å²) in [5, 5.41) is 14.4. The third kappa shape index (κ3) is 5.09. The molecule has 1 aliphatic carbocycles. The molecule has 1 aliphatic heterocycles. The van der Waals surface area contributed by atoms with Crippen LogP contribution in [0.2, 0.25) is 0 Å². The van der Waals surface area contributed by atoms with Crippen LogP contribution in [0.1, 0.15) is 36.0 Å². The zero-order valence-electron chi connectivity index (χ0n) is 20.2. The first-order valence-electron chi connectivity index (χ1n) is 12.5. The van der Waals surface area contributed by atoms with Crippen molar-refractivity contribution in [3.63, 3.8) is 0 Å². The maximum absolute atomic E-state index is 12.6. The monoisotopic (exact) mass is 497 g/mol. The first-order valence-corrected chi connectivity index (χ1v) is 12.5. The van der Waals surface area contributed by atoms with Crippen LogP contribution in [0.15, 0.2) is 60.9 Å². The van der Waals surface area contributed by atoms with Gasteiger partial charge >= 0.3 is 0 Å². The molecule has 3 N–H and O–H groups in total.